The second-order valence-corrected chi connectivity index (χ2v) is 4.80. The van der Waals surface area contributed by atoms with E-state index in [4.69, 9.17) is 9.84 Å². The number of unbranched alkanes of at least 4 members (excludes halogenated alkanes) is 1. The van der Waals surface area contributed by atoms with Gasteiger partial charge >= 0.3 is 5.97 Å². The Labute approximate surface area is 103 Å². The number of likely N-dealkylation sites (N-methyl/N-ethyl adjacent to an activating group) is 1. The summed E-state index contributed by atoms with van der Waals surface area (Å²) >= 11 is 0. The number of hydrogen-bond donors (Lipinski definition) is 2. The third-order valence-electron chi connectivity index (χ3n) is 3.53. The Bertz CT molecular complexity index is 242. The van der Waals surface area contributed by atoms with Crippen molar-refractivity contribution >= 4 is 5.97 Å². The van der Waals surface area contributed by atoms with Gasteiger partial charge in [-0.2, -0.15) is 0 Å². The number of aliphatic carboxylic acids is 1. The standard InChI is InChI=1S/C12H24N2O3/c1-12(13-2,11(15)16)5-3-4-6-14-7-9-17-10-8-14/h13H,3-10H2,1-2H3,(H,15,16). The number of nitrogens with zero attached hydrogens (tertiary/aromatic N) is 1. The van der Waals surface area contributed by atoms with Crippen molar-refractivity contribution < 1.29 is 14.6 Å². The van der Waals surface area contributed by atoms with Gasteiger partial charge in [-0.1, -0.05) is 0 Å². The molecule has 0 aromatic rings. The quantitative estimate of drug-likeness (QED) is 0.640. The number of morpholine rings is 1. The number of hydrogen-bond acceptors (Lipinski definition) is 4. The van der Waals surface area contributed by atoms with Gasteiger partial charge in [-0.25, -0.2) is 0 Å². The number of nitrogens with one attached hydrogen (secondary N) is 1. The van der Waals surface area contributed by atoms with Gasteiger partial charge in [0, 0.05) is 13.1 Å². The topological polar surface area (TPSA) is 61.8 Å². The van der Waals surface area contributed by atoms with E-state index >= 15 is 0 Å². The molecule has 100 valence electrons. The van der Waals surface area contributed by atoms with Crippen LogP contribution in [0.15, 0.2) is 0 Å². The Balaban J connectivity index is 2.16. The van der Waals surface area contributed by atoms with Crippen molar-refractivity contribution in [3.8, 4) is 0 Å². The molecule has 1 saturated heterocycles. The average molecular weight is 244 g/mol. The molecule has 0 aromatic carbocycles. The number of ether oxygens (including phenoxy) is 1. The summed E-state index contributed by atoms with van der Waals surface area (Å²) in [5.74, 6) is -0.772. The Kier molecular flexibility index (Phi) is 5.88. The van der Waals surface area contributed by atoms with Crippen LogP contribution in [0.2, 0.25) is 0 Å². The second kappa shape index (κ2) is 6.93. The first-order chi connectivity index (χ1) is 8.08. The van der Waals surface area contributed by atoms with Gasteiger partial charge in [0.15, 0.2) is 0 Å². The lowest BCUT2D eigenvalue weighted by Crippen LogP contribution is -2.47. The van der Waals surface area contributed by atoms with Crippen LogP contribution in [0.3, 0.4) is 0 Å². The highest BCUT2D eigenvalue weighted by molar-refractivity contribution is 5.78. The minimum atomic E-state index is -0.787. The van der Waals surface area contributed by atoms with E-state index in [1.165, 1.54) is 0 Å². The van der Waals surface area contributed by atoms with Crippen LogP contribution in [-0.4, -0.2) is 61.4 Å². The summed E-state index contributed by atoms with van der Waals surface area (Å²) in [6.07, 6.45) is 2.65. The molecule has 17 heavy (non-hydrogen) atoms. The Morgan fingerprint density at radius 3 is 2.59 bits per heavy atom. The fourth-order valence-electron chi connectivity index (χ4n) is 1.98. The molecule has 0 amide bonds. The molecule has 0 bridgehead atoms. The first-order valence-electron chi connectivity index (χ1n) is 6.31. The van der Waals surface area contributed by atoms with Gasteiger partial charge in [0.1, 0.15) is 5.54 Å². The summed E-state index contributed by atoms with van der Waals surface area (Å²) in [5.41, 5.74) is -0.787. The summed E-state index contributed by atoms with van der Waals surface area (Å²) < 4.78 is 5.28. The first kappa shape index (κ1) is 14.4. The van der Waals surface area contributed by atoms with Crippen LogP contribution in [0.5, 0.6) is 0 Å². The summed E-state index contributed by atoms with van der Waals surface area (Å²) in [6.45, 7) is 6.43. The summed E-state index contributed by atoms with van der Waals surface area (Å²) in [5, 5.41) is 12.0. The first-order valence-corrected chi connectivity index (χ1v) is 6.31. The fraction of sp³-hybridized carbons (Fsp3) is 0.917. The average Bonchev–Trinajstić information content (AvgIpc) is 2.35. The molecule has 1 unspecified atom stereocenters. The van der Waals surface area contributed by atoms with Gasteiger partial charge in [-0.15, -0.1) is 0 Å². The number of carboxylic acids is 1. The predicted molar refractivity (Wildman–Crippen MR) is 66.2 cm³/mol. The molecule has 5 heteroatoms. The SMILES string of the molecule is CNC(C)(CCCCN1CCOCC1)C(=O)O. The van der Waals surface area contributed by atoms with Gasteiger partial charge in [-0.05, 0) is 39.8 Å². The highest BCUT2D eigenvalue weighted by Gasteiger charge is 2.30. The molecular weight excluding hydrogens is 220 g/mol. The molecule has 0 radical (unpaired) electrons. The van der Waals surface area contributed by atoms with Crippen molar-refractivity contribution in [2.24, 2.45) is 0 Å². The largest absolute Gasteiger partial charge is 0.480 e. The lowest BCUT2D eigenvalue weighted by Gasteiger charge is -2.27. The van der Waals surface area contributed by atoms with Crippen LogP contribution in [0.25, 0.3) is 0 Å². The number of rotatable bonds is 7. The molecule has 0 spiro atoms. The highest BCUT2D eigenvalue weighted by atomic mass is 16.5. The van der Waals surface area contributed by atoms with Crippen molar-refractivity contribution in [1.29, 1.82) is 0 Å². The van der Waals surface area contributed by atoms with Gasteiger partial charge in [0.2, 0.25) is 0 Å². The van der Waals surface area contributed by atoms with Crippen LogP contribution >= 0.6 is 0 Å². The maximum atomic E-state index is 11.1. The van der Waals surface area contributed by atoms with Gasteiger partial charge in [0.05, 0.1) is 13.2 Å². The molecule has 2 N–H and O–H groups in total. The monoisotopic (exact) mass is 244 g/mol. The number of carbonyl (C=O) groups is 1. The van der Waals surface area contributed by atoms with Crippen LogP contribution in [-0.2, 0) is 9.53 Å². The van der Waals surface area contributed by atoms with Crippen molar-refractivity contribution in [3.63, 3.8) is 0 Å². The lowest BCUT2D eigenvalue weighted by molar-refractivity contribution is -0.144. The normalized spacial score (nSPS) is 21.1. The Morgan fingerprint density at radius 1 is 1.41 bits per heavy atom. The van der Waals surface area contributed by atoms with E-state index in [1.807, 2.05) is 0 Å². The third kappa shape index (κ3) is 4.61. The zero-order chi connectivity index (χ0) is 12.7. The predicted octanol–water partition coefficient (Wildman–Crippen LogP) is 0.552. The van der Waals surface area contributed by atoms with E-state index in [-0.39, 0.29) is 0 Å². The van der Waals surface area contributed by atoms with E-state index in [1.54, 1.807) is 14.0 Å². The minimum Gasteiger partial charge on any atom is -0.480 e. The molecule has 0 aliphatic carbocycles. The number of carboxylic acid groups (broad SMARTS) is 1. The molecule has 1 aliphatic heterocycles. The van der Waals surface area contributed by atoms with Crippen molar-refractivity contribution in [3.05, 3.63) is 0 Å². The van der Waals surface area contributed by atoms with Crippen molar-refractivity contribution in [1.82, 2.24) is 10.2 Å². The molecule has 0 saturated carbocycles. The van der Waals surface area contributed by atoms with Crippen LogP contribution in [0.4, 0.5) is 0 Å². The van der Waals surface area contributed by atoms with Gasteiger partial charge < -0.3 is 15.2 Å². The smallest absolute Gasteiger partial charge is 0.323 e. The Morgan fingerprint density at radius 2 is 2.06 bits per heavy atom. The molecule has 1 rings (SSSR count). The van der Waals surface area contributed by atoms with Crippen LogP contribution in [0, 0.1) is 0 Å². The van der Waals surface area contributed by atoms with Crippen molar-refractivity contribution in [2.75, 3.05) is 39.9 Å². The van der Waals surface area contributed by atoms with E-state index in [2.05, 4.69) is 10.2 Å². The second-order valence-electron chi connectivity index (χ2n) is 4.80. The summed E-state index contributed by atoms with van der Waals surface area (Å²) in [7, 11) is 1.70. The fourth-order valence-corrected chi connectivity index (χ4v) is 1.98. The maximum absolute atomic E-state index is 11.1. The van der Waals surface area contributed by atoms with E-state index < -0.39 is 11.5 Å². The van der Waals surface area contributed by atoms with Gasteiger partial charge in [-0.3, -0.25) is 9.69 Å². The molecule has 1 fully saturated rings. The lowest BCUT2D eigenvalue weighted by atomic mass is 9.95. The zero-order valence-corrected chi connectivity index (χ0v) is 10.9. The van der Waals surface area contributed by atoms with Crippen molar-refractivity contribution in [2.45, 2.75) is 31.7 Å². The Hall–Kier alpha value is -0.650. The zero-order valence-electron chi connectivity index (χ0n) is 10.9. The third-order valence-corrected chi connectivity index (χ3v) is 3.53. The molecule has 1 aliphatic rings. The van der Waals surface area contributed by atoms with E-state index in [0.29, 0.717) is 6.42 Å². The molecule has 0 aromatic heterocycles. The molecule has 1 atom stereocenters. The highest BCUT2D eigenvalue weighted by Crippen LogP contribution is 2.14. The van der Waals surface area contributed by atoms with Gasteiger partial charge in [0.25, 0.3) is 0 Å². The summed E-state index contributed by atoms with van der Waals surface area (Å²) in [6, 6.07) is 0. The molecular formula is C12H24N2O3. The molecule has 5 nitrogen and oxygen atoms in total. The molecule has 1 heterocycles. The minimum absolute atomic E-state index is 0.670. The maximum Gasteiger partial charge on any atom is 0.323 e. The van der Waals surface area contributed by atoms with Crippen LogP contribution in [0.1, 0.15) is 26.2 Å². The van der Waals surface area contributed by atoms with E-state index in [9.17, 15) is 4.79 Å². The van der Waals surface area contributed by atoms with E-state index in [0.717, 1.165) is 45.7 Å². The summed E-state index contributed by atoms with van der Waals surface area (Å²) in [4.78, 5) is 13.4. The van der Waals surface area contributed by atoms with Crippen LogP contribution < -0.4 is 5.32 Å².